The van der Waals surface area contributed by atoms with Crippen LogP contribution < -0.4 is 10.2 Å². The van der Waals surface area contributed by atoms with E-state index in [1.807, 2.05) is 59.5 Å². The van der Waals surface area contributed by atoms with Gasteiger partial charge in [0.2, 0.25) is 5.91 Å². The number of carbonyl (C=O) groups excluding carboxylic acids is 1. The number of nitrogens with zero attached hydrogens (tertiary/aromatic N) is 5. The zero-order chi connectivity index (χ0) is 21.2. The van der Waals surface area contributed by atoms with E-state index < -0.39 is 0 Å². The molecule has 2 aromatic carbocycles. The molecule has 2 aromatic rings. The van der Waals surface area contributed by atoms with Crippen LogP contribution in [-0.2, 0) is 4.79 Å². The summed E-state index contributed by atoms with van der Waals surface area (Å²) in [7, 11) is 0. The molecule has 1 amide bonds. The van der Waals surface area contributed by atoms with Gasteiger partial charge < -0.3 is 10.2 Å². The van der Waals surface area contributed by atoms with Gasteiger partial charge in [-0.1, -0.05) is 54.2 Å². The third-order valence-corrected chi connectivity index (χ3v) is 5.53. The average Bonchev–Trinajstić information content (AvgIpc) is 3.15. The molecule has 0 aromatic heterocycles. The Kier molecular flexibility index (Phi) is 7.59. The Bertz CT molecular complexity index is 987. The Balaban J connectivity index is 1.62. The van der Waals surface area contributed by atoms with Gasteiger partial charge in [-0.05, 0) is 23.3 Å². The van der Waals surface area contributed by atoms with E-state index in [-0.39, 0.29) is 11.2 Å². The number of amides is 1. The van der Waals surface area contributed by atoms with Gasteiger partial charge in [0.05, 0.1) is 31.2 Å². The van der Waals surface area contributed by atoms with Crippen LogP contribution in [0, 0.1) is 22.7 Å². The van der Waals surface area contributed by atoms with E-state index in [9.17, 15) is 4.79 Å². The Labute approximate surface area is 179 Å². The molecule has 3 rings (SSSR count). The molecular weight excluding hydrogens is 396 g/mol. The third kappa shape index (κ3) is 5.69. The van der Waals surface area contributed by atoms with Crippen LogP contribution in [0.15, 0.2) is 64.8 Å². The normalized spacial score (nSPS) is 16.9. The molecule has 0 aliphatic carbocycles. The van der Waals surface area contributed by atoms with E-state index in [1.165, 1.54) is 11.8 Å². The molecular formula is C22H20N6OS. The lowest BCUT2D eigenvalue weighted by Gasteiger charge is -2.22. The highest BCUT2D eigenvalue weighted by Crippen LogP contribution is 2.34. The molecule has 8 heteroatoms. The number of carbonyl (C=O) groups is 1. The summed E-state index contributed by atoms with van der Waals surface area (Å²) in [5.41, 5.74) is 2.74. The Hall–Kier alpha value is -3.62. The van der Waals surface area contributed by atoms with Gasteiger partial charge in [0.1, 0.15) is 5.25 Å². The minimum absolute atomic E-state index is 0.0978. The first-order valence-electron chi connectivity index (χ1n) is 9.43. The maximum atomic E-state index is 12.2. The van der Waals surface area contributed by atoms with Crippen molar-refractivity contribution in [3.63, 3.8) is 0 Å². The lowest BCUT2D eigenvalue weighted by Crippen LogP contribution is -2.25. The van der Waals surface area contributed by atoms with E-state index in [1.54, 1.807) is 6.21 Å². The summed E-state index contributed by atoms with van der Waals surface area (Å²) in [6.07, 6.45) is 2.42. The molecule has 1 saturated heterocycles. The van der Waals surface area contributed by atoms with Crippen LogP contribution in [0.25, 0.3) is 0 Å². The van der Waals surface area contributed by atoms with Crippen LogP contribution in [0.3, 0.4) is 0 Å². The quantitative estimate of drug-likeness (QED) is 0.523. The second-order valence-electron chi connectivity index (χ2n) is 6.44. The first-order valence-corrected chi connectivity index (χ1v) is 10.3. The van der Waals surface area contributed by atoms with E-state index in [2.05, 4.69) is 27.7 Å². The highest BCUT2D eigenvalue weighted by atomic mass is 32.2. The number of anilines is 1. The van der Waals surface area contributed by atoms with E-state index in [0.717, 1.165) is 16.8 Å². The molecule has 1 fully saturated rings. The number of hydrogen-bond donors (Lipinski definition) is 1. The van der Waals surface area contributed by atoms with Gasteiger partial charge in [0, 0.05) is 18.8 Å². The monoisotopic (exact) mass is 416 g/mol. The van der Waals surface area contributed by atoms with Crippen LogP contribution in [0.2, 0.25) is 0 Å². The van der Waals surface area contributed by atoms with E-state index in [4.69, 9.17) is 10.5 Å². The molecule has 1 heterocycles. The summed E-state index contributed by atoms with van der Waals surface area (Å²) in [4.78, 5) is 14.2. The predicted octanol–water partition coefficient (Wildman–Crippen LogP) is 3.61. The first-order chi connectivity index (χ1) is 14.7. The minimum Gasteiger partial charge on any atom is -0.369 e. The Morgan fingerprint density at radius 3 is 2.33 bits per heavy atom. The number of benzene rings is 2. The van der Waals surface area contributed by atoms with Gasteiger partial charge in [-0.25, -0.2) is 0 Å². The maximum absolute atomic E-state index is 12.2. The number of nitrogens with one attached hydrogen (secondary N) is 1. The Morgan fingerprint density at radius 2 is 1.70 bits per heavy atom. The van der Waals surface area contributed by atoms with Gasteiger partial charge in [0.15, 0.2) is 5.17 Å². The summed E-state index contributed by atoms with van der Waals surface area (Å²) in [5.74, 6) is -0.0978. The number of amidine groups is 1. The minimum atomic E-state index is -0.313. The molecule has 0 radical (unpaired) electrons. The second-order valence-corrected chi connectivity index (χ2v) is 7.54. The van der Waals surface area contributed by atoms with Crippen molar-refractivity contribution in [3.8, 4) is 12.1 Å². The fourth-order valence-electron chi connectivity index (χ4n) is 2.92. The molecule has 0 bridgehead atoms. The van der Waals surface area contributed by atoms with Crippen LogP contribution >= 0.6 is 11.8 Å². The number of nitriles is 2. The molecule has 7 nitrogen and oxygen atoms in total. The van der Waals surface area contributed by atoms with Crippen molar-refractivity contribution in [2.75, 3.05) is 18.0 Å². The zero-order valence-electron chi connectivity index (χ0n) is 16.2. The van der Waals surface area contributed by atoms with Crippen LogP contribution in [-0.4, -0.2) is 30.4 Å². The molecule has 1 atom stereocenters. The summed E-state index contributed by atoms with van der Waals surface area (Å²) in [5, 5.41) is 28.8. The zero-order valence-corrected chi connectivity index (χ0v) is 17.0. The maximum Gasteiger partial charge on any atom is 0.244 e. The van der Waals surface area contributed by atoms with Crippen LogP contribution in [0.1, 0.15) is 29.2 Å². The lowest BCUT2D eigenvalue weighted by atomic mass is 10.1. The van der Waals surface area contributed by atoms with Crippen LogP contribution in [0.4, 0.5) is 5.69 Å². The van der Waals surface area contributed by atoms with Gasteiger partial charge in [-0.3, -0.25) is 4.79 Å². The summed E-state index contributed by atoms with van der Waals surface area (Å²) in [6, 6.07) is 21.5. The average molecular weight is 417 g/mol. The molecule has 1 aliphatic rings. The topological polar surface area (TPSA) is 105 Å². The van der Waals surface area contributed by atoms with E-state index in [0.29, 0.717) is 31.1 Å². The SMILES string of the molecule is N#CCCN(CCC#N)c1ccc(/C=N\N=C2NC(=O)[C@@H](c3ccccc3)S2)cc1. The number of rotatable bonds is 8. The molecule has 0 spiro atoms. The molecule has 1 N–H and O–H groups in total. The number of thioether (sulfide) groups is 1. The van der Waals surface area contributed by atoms with Crippen molar-refractivity contribution in [3.05, 3.63) is 65.7 Å². The van der Waals surface area contributed by atoms with E-state index >= 15 is 0 Å². The largest absolute Gasteiger partial charge is 0.369 e. The smallest absolute Gasteiger partial charge is 0.244 e. The van der Waals surface area contributed by atoms with Crippen molar-refractivity contribution in [1.29, 1.82) is 10.5 Å². The predicted molar refractivity (Wildman–Crippen MR) is 119 cm³/mol. The first kappa shape index (κ1) is 21.1. The summed E-state index contributed by atoms with van der Waals surface area (Å²) < 4.78 is 0. The third-order valence-electron chi connectivity index (χ3n) is 4.40. The lowest BCUT2D eigenvalue weighted by molar-refractivity contribution is -0.118. The second kappa shape index (κ2) is 10.8. The fraction of sp³-hybridized carbons (Fsp3) is 0.227. The van der Waals surface area contributed by atoms with Crippen molar-refractivity contribution in [2.45, 2.75) is 18.1 Å². The molecule has 0 saturated carbocycles. The van der Waals surface area contributed by atoms with Crippen molar-refractivity contribution in [2.24, 2.45) is 10.2 Å². The highest BCUT2D eigenvalue weighted by Gasteiger charge is 2.31. The summed E-state index contributed by atoms with van der Waals surface area (Å²) in [6.45, 7) is 1.16. The van der Waals surface area contributed by atoms with Crippen molar-refractivity contribution >= 4 is 34.7 Å². The van der Waals surface area contributed by atoms with Crippen LogP contribution in [0.5, 0.6) is 0 Å². The number of hydrogen-bond acceptors (Lipinski definition) is 7. The molecule has 30 heavy (non-hydrogen) atoms. The Morgan fingerprint density at radius 1 is 1.03 bits per heavy atom. The molecule has 1 aliphatic heterocycles. The van der Waals surface area contributed by atoms with Crippen molar-refractivity contribution in [1.82, 2.24) is 5.32 Å². The molecule has 0 unspecified atom stereocenters. The summed E-state index contributed by atoms with van der Waals surface area (Å²) >= 11 is 1.34. The fourth-order valence-corrected chi connectivity index (χ4v) is 3.86. The molecule has 150 valence electrons. The van der Waals surface area contributed by atoms with Gasteiger partial charge >= 0.3 is 0 Å². The standard InChI is InChI=1S/C22H20N6OS/c23-12-4-14-28(15-5-13-24)19-10-8-17(9-11-19)16-25-27-22-26-21(29)20(30-22)18-6-2-1-3-7-18/h1-3,6-11,16,20H,4-5,14-15H2,(H,26,27,29)/b25-16-/t20-/m1/s1. The van der Waals surface area contributed by atoms with Gasteiger partial charge in [-0.15, -0.1) is 5.10 Å². The highest BCUT2D eigenvalue weighted by molar-refractivity contribution is 8.15. The van der Waals surface area contributed by atoms with Gasteiger partial charge in [0.25, 0.3) is 0 Å². The van der Waals surface area contributed by atoms with Crippen molar-refractivity contribution < 1.29 is 4.79 Å². The van der Waals surface area contributed by atoms with Gasteiger partial charge in [-0.2, -0.15) is 15.6 Å².